The second kappa shape index (κ2) is 6.29. The lowest BCUT2D eigenvalue weighted by Gasteiger charge is -2.39. The molecule has 5 nitrogen and oxygen atoms in total. The second-order valence-corrected chi connectivity index (χ2v) is 7.34. The Bertz CT molecular complexity index is 572. The molecule has 0 aromatic heterocycles. The lowest BCUT2D eigenvalue weighted by Crippen LogP contribution is -2.47. The number of amides is 1. The summed E-state index contributed by atoms with van der Waals surface area (Å²) in [5.74, 6) is -0.219. The molecule has 1 aliphatic rings. The molecule has 1 fully saturated rings. The number of carbonyl (C=O) groups is 1. The Hall–Kier alpha value is -1.18. The van der Waals surface area contributed by atoms with Crippen molar-refractivity contribution in [3.63, 3.8) is 0 Å². The summed E-state index contributed by atoms with van der Waals surface area (Å²) < 4.78 is 0.726. The van der Waals surface area contributed by atoms with Crippen molar-refractivity contribution >= 4 is 34.2 Å². The standard InChI is InChI=1S/C15H19IN2O3/c1-15(2)8-4-3-5-13(15)17-14(19)11-9-10(18(20)21)6-7-12(11)16/h6-7,9,13H,3-5,8H2,1-2H3,(H,17,19). The highest BCUT2D eigenvalue weighted by Gasteiger charge is 2.33. The molecule has 1 aromatic rings. The maximum atomic E-state index is 12.5. The Morgan fingerprint density at radius 2 is 2.14 bits per heavy atom. The van der Waals surface area contributed by atoms with Crippen molar-refractivity contribution < 1.29 is 9.72 Å². The molecule has 0 aliphatic heterocycles. The first-order valence-corrected chi connectivity index (χ1v) is 8.14. The van der Waals surface area contributed by atoms with Gasteiger partial charge in [0.1, 0.15) is 0 Å². The molecular formula is C15H19IN2O3. The fourth-order valence-electron chi connectivity index (χ4n) is 2.80. The van der Waals surface area contributed by atoms with Crippen LogP contribution in [0.25, 0.3) is 0 Å². The van der Waals surface area contributed by atoms with Gasteiger partial charge in [-0.1, -0.05) is 26.7 Å². The number of halogens is 1. The first-order chi connectivity index (χ1) is 9.81. The van der Waals surface area contributed by atoms with Crippen molar-refractivity contribution in [1.29, 1.82) is 0 Å². The Morgan fingerprint density at radius 1 is 1.43 bits per heavy atom. The SMILES string of the molecule is CC1(C)CCCCC1NC(=O)c1cc([N+](=O)[O-])ccc1I. The van der Waals surface area contributed by atoms with Crippen molar-refractivity contribution in [3.05, 3.63) is 37.4 Å². The number of nitro benzene ring substituents is 1. The number of nitrogens with one attached hydrogen (secondary N) is 1. The van der Waals surface area contributed by atoms with E-state index in [0.29, 0.717) is 5.56 Å². The van der Waals surface area contributed by atoms with Gasteiger partial charge in [-0.05, 0) is 46.9 Å². The number of rotatable bonds is 3. The van der Waals surface area contributed by atoms with Gasteiger partial charge in [0.25, 0.3) is 11.6 Å². The number of non-ortho nitro benzene ring substituents is 1. The van der Waals surface area contributed by atoms with Crippen LogP contribution in [0.2, 0.25) is 0 Å². The molecule has 6 heteroatoms. The van der Waals surface area contributed by atoms with Crippen LogP contribution in [0.3, 0.4) is 0 Å². The van der Waals surface area contributed by atoms with Crippen molar-refractivity contribution in [2.24, 2.45) is 5.41 Å². The molecule has 1 saturated carbocycles. The number of hydrogen-bond acceptors (Lipinski definition) is 3. The van der Waals surface area contributed by atoms with E-state index >= 15 is 0 Å². The topological polar surface area (TPSA) is 72.2 Å². The monoisotopic (exact) mass is 402 g/mol. The van der Waals surface area contributed by atoms with E-state index in [4.69, 9.17) is 0 Å². The summed E-state index contributed by atoms with van der Waals surface area (Å²) in [4.78, 5) is 22.8. The van der Waals surface area contributed by atoms with E-state index in [1.54, 1.807) is 6.07 Å². The lowest BCUT2D eigenvalue weighted by molar-refractivity contribution is -0.384. The van der Waals surface area contributed by atoms with Crippen LogP contribution in [0.4, 0.5) is 5.69 Å². The number of carbonyl (C=O) groups excluding carboxylic acids is 1. The van der Waals surface area contributed by atoms with E-state index in [1.165, 1.54) is 18.6 Å². The quantitative estimate of drug-likeness (QED) is 0.474. The first-order valence-electron chi connectivity index (χ1n) is 7.06. The highest BCUT2D eigenvalue weighted by molar-refractivity contribution is 14.1. The molecule has 1 N–H and O–H groups in total. The molecule has 0 bridgehead atoms. The third kappa shape index (κ3) is 3.72. The molecule has 0 spiro atoms. The Labute approximate surface area is 137 Å². The largest absolute Gasteiger partial charge is 0.349 e. The van der Waals surface area contributed by atoms with Crippen molar-refractivity contribution in [1.82, 2.24) is 5.32 Å². The van der Waals surface area contributed by atoms with Gasteiger partial charge in [0.05, 0.1) is 10.5 Å². The molecule has 0 radical (unpaired) electrons. The smallest absolute Gasteiger partial charge is 0.270 e. The van der Waals surface area contributed by atoms with Crippen LogP contribution in [0.1, 0.15) is 49.9 Å². The zero-order valence-corrected chi connectivity index (χ0v) is 14.3. The number of hydrogen-bond donors (Lipinski definition) is 1. The molecule has 2 rings (SSSR count). The van der Waals surface area contributed by atoms with Gasteiger partial charge in [0, 0.05) is 21.7 Å². The number of nitrogens with zero attached hydrogens (tertiary/aromatic N) is 1. The van der Waals surface area contributed by atoms with Gasteiger partial charge in [-0.3, -0.25) is 14.9 Å². The summed E-state index contributed by atoms with van der Waals surface area (Å²) in [6.45, 7) is 4.32. The van der Waals surface area contributed by atoms with E-state index in [9.17, 15) is 14.9 Å². The molecule has 1 unspecified atom stereocenters. The summed E-state index contributed by atoms with van der Waals surface area (Å²) in [6, 6.07) is 4.50. The highest BCUT2D eigenvalue weighted by Crippen LogP contribution is 2.35. The van der Waals surface area contributed by atoms with Gasteiger partial charge in [-0.25, -0.2) is 0 Å². The Balaban J connectivity index is 2.20. The van der Waals surface area contributed by atoms with Gasteiger partial charge >= 0.3 is 0 Å². The summed E-state index contributed by atoms with van der Waals surface area (Å²) in [5.41, 5.74) is 0.398. The fourth-order valence-corrected chi connectivity index (χ4v) is 3.38. The van der Waals surface area contributed by atoms with Crippen LogP contribution >= 0.6 is 22.6 Å². The van der Waals surface area contributed by atoms with E-state index in [2.05, 4.69) is 19.2 Å². The molecule has 1 atom stereocenters. The van der Waals surface area contributed by atoms with Gasteiger partial charge in [0.2, 0.25) is 0 Å². The van der Waals surface area contributed by atoms with Crippen LogP contribution < -0.4 is 5.32 Å². The highest BCUT2D eigenvalue weighted by atomic mass is 127. The molecule has 1 aromatic carbocycles. The maximum Gasteiger partial charge on any atom is 0.270 e. The Morgan fingerprint density at radius 3 is 2.76 bits per heavy atom. The van der Waals surface area contributed by atoms with Gasteiger partial charge < -0.3 is 5.32 Å². The minimum Gasteiger partial charge on any atom is -0.349 e. The van der Waals surface area contributed by atoms with Crippen LogP contribution in [0, 0.1) is 19.1 Å². The van der Waals surface area contributed by atoms with E-state index in [0.717, 1.165) is 22.8 Å². The van der Waals surface area contributed by atoms with Crippen LogP contribution in [-0.4, -0.2) is 16.9 Å². The van der Waals surface area contributed by atoms with E-state index < -0.39 is 4.92 Å². The van der Waals surface area contributed by atoms with Crippen molar-refractivity contribution in [3.8, 4) is 0 Å². The molecule has 0 saturated heterocycles. The van der Waals surface area contributed by atoms with Crippen LogP contribution in [0.5, 0.6) is 0 Å². The zero-order valence-electron chi connectivity index (χ0n) is 12.2. The predicted molar refractivity (Wildman–Crippen MR) is 89.3 cm³/mol. The summed E-state index contributed by atoms with van der Waals surface area (Å²) in [5, 5.41) is 13.9. The van der Waals surface area contributed by atoms with Crippen molar-refractivity contribution in [2.75, 3.05) is 0 Å². The first kappa shape index (κ1) is 16.2. The van der Waals surface area contributed by atoms with Gasteiger partial charge in [0.15, 0.2) is 0 Å². The molecule has 114 valence electrons. The number of benzene rings is 1. The molecular weight excluding hydrogens is 383 g/mol. The van der Waals surface area contributed by atoms with Crippen LogP contribution in [-0.2, 0) is 0 Å². The fraction of sp³-hybridized carbons (Fsp3) is 0.533. The second-order valence-electron chi connectivity index (χ2n) is 6.18. The Kier molecular flexibility index (Phi) is 4.85. The zero-order chi connectivity index (χ0) is 15.6. The average Bonchev–Trinajstić information content (AvgIpc) is 2.41. The normalized spacial score (nSPS) is 20.8. The maximum absolute atomic E-state index is 12.5. The minimum absolute atomic E-state index is 0.0523. The summed E-state index contributed by atoms with van der Waals surface area (Å²) >= 11 is 2.04. The number of nitro groups is 1. The summed E-state index contributed by atoms with van der Waals surface area (Å²) in [6.07, 6.45) is 4.35. The molecule has 0 heterocycles. The molecule has 1 amide bonds. The molecule has 1 aliphatic carbocycles. The van der Waals surface area contributed by atoms with Gasteiger partial charge in [-0.2, -0.15) is 0 Å². The van der Waals surface area contributed by atoms with Gasteiger partial charge in [-0.15, -0.1) is 0 Å². The summed E-state index contributed by atoms with van der Waals surface area (Å²) in [7, 11) is 0. The van der Waals surface area contributed by atoms with E-state index in [1.807, 2.05) is 22.6 Å². The van der Waals surface area contributed by atoms with E-state index in [-0.39, 0.29) is 23.1 Å². The predicted octanol–water partition coefficient (Wildman–Crippen LogP) is 3.90. The minimum atomic E-state index is -0.475. The average molecular weight is 402 g/mol. The third-order valence-electron chi connectivity index (χ3n) is 4.22. The molecule has 21 heavy (non-hydrogen) atoms. The third-order valence-corrected chi connectivity index (χ3v) is 5.16. The van der Waals surface area contributed by atoms with Crippen molar-refractivity contribution in [2.45, 2.75) is 45.6 Å². The lowest BCUT2D eigenvalue weighted by atomic mass is 9.73. The van der Waals surface area contributed by atoms with Crippen LogP contribution in [0.15, 0.2) is 18.2 Å².